The van der Waals surface area contributed by atoms with Gasteiger partial charge < -0.3 is 16.4 Å². The molecule has 0 spiro atoms. The number of aromatic nitrogens is 6. The minimum atomic E-state index is -0.153. The SMILES string of the molecule is C=C.CCC.CCC.CN.CNC(=O)Cc1cccnn1.CNC(=O)Cc1nncnn1.CP.CP.CP.[2HH].[2HH]. The summed E-state index contributed by atoms with van der Waals surface area (Å²) in [4.78, 5) is 21.5. The minimum absolute atomic E-state index is 0. The van der Waals surface area contributed by atoms with Gasteiger partial charge in [-0.3, -0.25) is 9.59 Å². The molecule has 2 heterocycles. The van der Waals surface area contributed by atoms with E-state index in [-0.39, 0.29) is 21.1 Å². The average Bonchev–Trinajstić information content (AvgIpc) is 3.00. The van der Waals surface area contributed by atoms with Crippen molar-refractivity contribution in [2.45, 2.75) is 53.4 Å². The van der Waals surface area contributed by atoms with Crippen LogP contribution in [0.2, 0.25) is 0 Å². The summed E-state index contributed by atoms with van der Waals surface area (Å²) in [6.45, 7) is 20.3. The highest BCUT2D eigenvalue weighted by Crippen LogP contribution is 1.91. The maximum absolute atomic E-state index is 10.8. The van der Waals surface area contributed by atoms with Gasteiger partial charge in [0.15, 0.2) is 12.2 Å². The highest BCUT2D eigenvalue weighted by atomic mass is 31.0. The van der Waals surface area contributed by atoms with Crippen LogP contribution in [0.4, 0.5) is 0 Å². The quantitative estimate of drug-likeness (QED) is 0.352. The van der Waals surface area contributed by atoms with Crippen molar-refractivity contribution in [3.8, 4) is 0 Å². The Bertz CT molecular complexity index is 603. The molecule has 3 unspecified atom stereocenters. The number of nitrogens with two attached hydrogens (primary N) is 1. The molecule has 2 amide bonds. The Hall–Kier alpha value is -2.05. The van der Waals surface area contributed by atoms with Crippen molar-refractivity contribution in [1.82, 2.24) is 41.2 Å². The van der Waals surface area contributed by atoms with Crippen molar-refractivity contribution >= 4 is 39.5 Å². The van der Waals surface area contributed by atoms with E-state index in [0.29, 0.717) is 17.9 Å². The van der Waals surface area contributed by atoms with E-state index in [1.165, 1.54) is 26.2 Å². The summed E-state index contributed by atoms with van der Waals surface area (Å²) in [6.07, 6.45) is 5.71. The van der Waals surface area contributed by atoms with E-state index in [1.54, 1.807) is 32.4 Å². The van der Waals surface area contributed by atoms with Gasteiger partial charge in [0.2, 0.25) is 11.8 Å². The summed E-state index contributed by atoms with van der Waals surface area (Å²) >= 11 is 0. The summed E-state index contributed by atoms with van der Waals surface area (Å²) in [6, 6.07) is 3.52. The summed E-state index contributed by atoms with van der Waals surface area (Å²) < 4.78 is 0. The molecular weight excluding hydrogens is 539 g/mol. The van der Waals surface area contributed by atoms with Crippen LogP contribution < -0.4 is 16.4 Å². The maximum atomic E-state index is 10.8. The van der Waals surface area contributed by atoms with Crippen LogP contribution in [0.25, 0.3) is 0 Å². The molecule has 4 N–H and O–H groups in total. The van der Waals surface area contributed by atoms with Crippen LogP contribution in [0.3, 0.4) is 0 Å². The predicted molar refractivity (Wildman–Crippen MR) is 180 cm³/mol. The van der Waals surface area contributed by atoms with Gasteiger partial charge in [0.1, 0.15) is 0 Å². The Kier molecular flexibility index (Phi) is 82.5. The van der Waals surface area contributed by atoms with E-state index in [1.807, 2.05) is 20.0 Å². The summed E-state index contributed by atoms with van der Waals surface area (Å²) in [5, 5.41) is 26.4. The van der Waals surface area contributed by atoms with Gasteiger partial charge in [-0.2, -0.15) is 10.2 Å². The molecule has 3 atom stereocenters. The highest BCUT2D eigenvalue weighted by Gasteiger charge is 2.02. The monoisotopic (exact) mass is 601 g/mol. The largest absolute Gasteiger partial charge is 0.359 e. The summed E-state index contributed by atoms with van der Waals surface area (Å²) in [7, 11) is 11.9. The van der Waals surface area contributed by atoms with Crippen LogP contribution in [0, 0.1) is 0 Å². The Morgan fingerprint density at radius 1 is 0.789 bits per heavy atom. The Morgan fingerprint density at radius 2 is 1.16 bits per heavy atom. The summed E-state index contributed by atoms with van der Waals surface area (Å²) in [5.41, 5.74) is 5.19. The highest BCUT2D eigenvalue weighted by molar-refractivity contribution is 7.15. The molecule has 228 valence electrons. The minimum Gasteiger partial charge on any atom is -0.359 e. The van der Waals surface area contributed by atoms with Crippen LogP contribution in [0.1, 0.15) is 54.9 Å². The molecule has 0 aliphatic carbocycles. The van der Waals surface area contributed by atoms with Gasteiger partial charge in [0.05, 0.1) is 18.5 Å². The van der Waals surface area contributed by atoms with Crippen molar-refractivity contribution in [2.24, 2.45) is 5.73 Å². The fourth-order valence-electron chi connectivity index (χ4n) is 1.21. The lowest BCUT2D eigenvalue weighted by Gasteiger charge is -1.96. The zero-order valence-corrected chi connectivity index (χ0v) is 28.8. The first-order chi connectivity index (χ1) is 18.5. The standard InChI is InChI=1S/C7H9N3O.C5H7N5O.2C3H8.C2H4.CH5N.3CH5P.2H2/c1-8-7(11)5-6-3-2-4-9-10-6;1-6-5(11)2-4-9-7-3-8-10-4;2*1-3-2;5*1-2;;/h2-4H,5H2,1H3,(H,8,11);3H,2H2,1H3,(H,6,11);2*3H2,1-2H3;1-2H2;4*2H2,1H3;2*1H/i;;;;;;;;;2*1+1. The van der Waals surface area contributed by atoms with Crippen LogP contribution in [-0.4, -0.2) is 83.5 Å². The van der Waals surface area contributed by atoms with Gasteiger partial charge in [-0.15, -0.1) is 61.3 Å². The third-order valence-corrected chi connectivity index (χ3v) is 2.30. The van der Waals surface area contributed by atoms with E-state index in [4.69, 9.17) is 0 Å². The smallest absolute Gasteiger partial charge is 0.227 e. The van der Waals surface area contributed by atoms with Crippen molar-refractivity contribution in [2.75, 3.05) is 41.1 Å². The zero-order valence-electron chi connectivity index (χ0n) is 25.4. The Morgan fingerprint density at radius 3 is 1.47 bits per heavy atom. The van der Waals surface area contributed by atoms with Crippen molar-refractivity contribution in [3.05, 3.63) is 49.3 Å². The second-order valence-corrected chi connectivity index (χ2v) is 5.29. The number of nitrogens with zero attached hydrogens (tertiary/aromatic N) is 6. The average molecular weight is 602 g/mol. The molecule has 11 nitrogen and oxygen atoms in total. The lowest BCUT2D eigenvalue weighted by molar-refractivity contribution is -0.120. The van der Waals surface area contributed by atoms with Gasteiger partial charge in [-0.05, 0) is 19.2 Å². The number of nitrogens with one attached hydrogen (secondary N) is 2. The van der Waals surface area contributed by atoms with E-state index in [2.05, 4.69) is 116 Å². The first-order valence-electron chi connectivity index (χ1n) is 12.0. The lowest BCUT2D eigenvalue weighted by Crippen LogP contribution is -2.21. The first kappa shape index (κ1) is 52.4. The van der Waals surface area contributed by atoms with E-state index < -0.39 is 0 Å². The van der Waals surface area contributed by atoms with Crippen molar-refractivity contribution < 1.29 is 12.4 Å². The molecule has 0 bridgehead atoms. The Labute approximate surface area is 242 Å². The number of carbonyl (C=O) groups excluding carboxylic acids is 2. The second-order valence-electron chi connectivity index (χ2n) is 5.29. The third kappa shape index (κ3) is 54.7. The molecule has 14 heteroatoms. The lowest BCUT2D eigenvalue weighted by atomic mass is 10.3. The van der Waals surface area contributed by atoms with E-state index in [0.717, 1.165) is 0 Å². The molecule has 2 aromatic heterocycles. The predicted octanol–water partition coefficient (Wildman–Crippen LogP) is 3.50. The topological polar surface area (TPSA) is 162 Å². The molecule has 0 saturated carbocycles. The van der Waals surface area contributed by atoms with Gasteiger partial charge in [0, 0.05) is 23.1 Å². The summed E-state index contributed by atoms with van der Waals surface area (Å²) in [5.74, 6) is 0.122. The molecule has 0 radical (unpaired) electrons. The van der Waals surface area contributed by atoms with Crippen LogP contribution in [0.15, 0.2) is 37.8 Å². The first-order valence-corrected chi connectivity index (χ1v) is 15.4. The molecule has 2 rings (SSSR count). The van der Waals surface area contributed by atoms with Crippen molar-refractivity contribution in [3.63, 3.8) is 0 Å². The molecular formula is C24H60N9O2P3. The number of hydrogen-bond donors (Lipinski definition) is 3. The molecule has 2 aromatic rings. The van der Waals surface area contributed by atoms with Crippen LogP contribution in [-0.2, 0) is 22.4 Å². The van der Waals surface area contributed by atoms with Crippen LogP contribution >= 0.6 is 27.7 Å². The van der Waals surface area contributed by atoms with Gasteiger partial charge in [-0.25, -0.2) is 0 Å². The van der Waals surface area contributed by atoms with Gasteiger partial charge in [0.25, 0.3) is 0 Å². The zero-order chi connectivity index (χ0) is 31.6. The number of rotatable bonds is 4. The molecule has 0 aliphatic rings. The molecule has 0 aliphatic heterocycles. The number of carbonyl (C=O) groups is 2. The maximum Gasteiger partial charge on any atom is 0.227 e. The van der Waals surface area contributed by atoms with E-state index >= 15 is 0 Å². The molecule has 0 aromatic carbocycles. The number of likely N-dealkylation sites (N-methyl/N-ethyl adjacent to an activating group) is 2. The van der Waals surface area contributed by atoms with E-state index in [9.17, 15) is 9.59 Å². The van der Waals surface area contributed by atoms with Crippen molar-refractivity contribution in [1.29, 1.82) is 0 Å². The fraction of sp³-hybridized carbons (Fsp3) is 0.583. The molecule has 0 saturated heterocycles. The third-order valence-electron chi connectivity index (χ3n) is 2.30. The number of hydrogen-bond acceptors (Lipinski definition) is 9. The van der Waals surface area contributed by atoms with Gasteiger partial charge in [-0.1, -0.05) is 60.5 Å². The number of amides is 2. The fourth-order valence-corrected chi connectivity index (χ4v) is 1.21. The molecule has 0 fully saturated rings. The Balaban J connectivity index is -0.0000000442. The second kappa shape index (κ2) is 59.8. The van der Waals surface area contributed by atoms with Gasteiger partial charge >= 0.3 is 0 Å². The normalized spacial score (nSPS) is 7.00. The molecule has 38 heavy (non-hydrogen) atoms. The van der Waals surface area contributed by atoms with Crippen LogP contribution in [0.5, 0.6) is 0 Å².